The van der Waals surface area contributed by atoms with Gasteiger partial charge in [-0.2, -0.15) is 0 Å². The maximum absolute atomic E-state index is 11.0. The fourth-order valence-corrected chi connectivity index (χ4v) is 1.76. The largest absolute Gasteiger partial charge is 0.330 e. The third-order valence-corrected chi connectivity index (χ3v) is 2.54. The molecule has 6 heteroatoms. The monoisotopic (exact) mass is 224 g/mol. The summed E-state index contributed by atoms with van der Waals surface area (Å²) in [6, 6.07) is 0. The SMILES string of the molecule is Cl.NCCCCN1C(=O)CSC1=O. The molecule has 0 bridgehead atoms. The first-order chi connectivity index (χ1) is 5.75. The van der Waals surface area contributed by atoms with Crippen molar-refractivity contribution in [3.63, 3.8) is 0 Å². The number of rotatable bonds is 4. The Morgan fingerprint density at radius 3 is 2.54 bits per heavy atom. The zero-order valence-corrected chi connectivity index (χ0v) is 8.83. The molecule has 0 aliphatic carbocycles. The smallest absolute Gasteiger partial charge is 0.288 e. The number of carbonyl (C=O) groups excluding carboxylic acids is 2. The molecule has 1 aliphatic rings. The highest BCUT2D eigenvalue weighted by Crippen LogP contribution is 2.18. The Labute approximate surface area is 87.6 Å². The fourth-order valence-electron chi connectivity index (χ4n) is 1.01. The standard InChI is InChI=1S/C7H12N2O2S.ClH/c8-3-1-2-4-9-6(10)5-12-7(9)11;/h1-5,8H2;1H. The Kier molecular flexibility index (Phi) is 6.11. The number of thioether (sulfide) groups is 1. The van der Waals surface area contributed by atoms with Crippen molar-refractivity contribution in [1.29, 1.82) is 0 Å². The number of nitrogens with zero attached hydrogens (tertiary/aromatic N) is 1. The lowest BCUT2D eigenvalue weighted by Gasteiger charge is -2.11. The third-order valence-electron chi connectivity index (χ3n) is 1.68. The van der Waals surface area contributed by atoms with Gasteiger partial charge in [0.15, 0.2) is 0 Å². The lowest BCUT2D eigenvalue weighted by Crippen LogP contribution is -2.29. The van der Waals surface area contributed by atoms with Crippen LogP contribution in [-0.2, 0) is 4.79 Å². The zero-order valence-electron chi connectivity index (χ0n) is 7.19. The van der Waals surface area contributed by atoms with Crippen LogP contribution in [-0.4, -0.2) is 34.9 Å². The van der Waals surface area contributed by atoms with Gasteiger partial charge >= 0.3 is 0 Å². The Bertz CT molecular complexity index is 185. The Morgan fingerprint density at radius 2 is 2.08 bits per heavy atom. The third kappa shape index (κ3) is 3.54. The number of hydrogen-bond acceptors (Lipinski definition) is 4. The highest BCUT2D eigenvalue weighted by Gasteiger charge is 2.28. The van der Waals surface area contributed by atoms with Crippen molar-refractivity contribution in [3.05, 3.63) is 0 Å². The second-order valence-electron chi connectivity index (χ2n) is 2.60. The number of carbonyl (C=O) groups is 2. The van der Waals surface area contributed by atoms with Crippen LogP contribution in [0.2, 0.25) is 0 Å². The normalized spacial score (nSPS) is 16.2. The number of nitrogens with two attached hydrogens (primary N) is 1. The van der Waals surface area contributed by atoms with E-state index in [1.165, 1.54) is 4.90 Å². The van der Waals surface area contributed by atoms with Crippen LogP contribution < -0.4 is 5.73 Å². The molecule has 1 saturated heterocycles. The lowest BCUT2D eigenvalue weighted by atomic mass is 10.3. The molecule has 1 fully saturated rings. The summed E-state index contributed by atoms with van der Waals surface area (Å²) in [6.07, 6.45) is 1.68. The van der Waals surface area contributed by atoms with Gasteiger partial charge in [0, 0.05) is 6.54 Å². The Hall–Kier alpha value is -0.260. The molecule has 0 aromatic carbocycles. The van der Waals surface area contributed by atoms with Crippen LogP contribution in [0.4, 0.5) is 4.79 Å². The summed E-state index contributed by atoms with van der Waals surface area (Å²) < 4.78 is 0. The number of halogens is 1. The minimum Gasteiger partial charge on any atom is -0.330 e. The molecule has 0 spiro atoms. The molecule has 0 saturated carbocycles. The summed E-state index contributed by atoms with van der Waals surface area (Å²) in [4.78, 5) is 23.4. The summed E-state index contributed by atoms with van der Waals surface area (Å²) in [5.41, 5.74) is 5.29. The molecule has 0 atom stereocenters. The van der Waals surface area contributed by atoms with Gasteiger partial charge < -0.3 is 5.73 Å². The molecular weight excluding hydrogens is 212 g/mol. The van der Waals surface area contributed by atoms with E-state index in [2.05, 4.69) is 0 Å². The average Bonchev–Trinajstić information content (AvgIpc) is 2.35. The van der Waals surface area contributed by atoms with Crippen LogP contribution in [0, 0.1) is 0 Å². The van der Waals surface area contributed by atoms with Gasteiger partial charge in [0.1, 0.15) is 0 Å². The van der Waals surface area contributed by atoms with Gasteiger partial charge in [0.2, 0.25) is 5.91 Å². The number of hydrogen-bond donors (Lipinski definition) is 1. The van der Waals surface area contributed by atoms with E-state index in [9.17, 15) is 9.59 Å². The van der Waals surface area contributed by atoms with Crippen molar-refractivity contribution in [3.8, 4) is 0 Å². The maximum Gasteiger partial charge on any atom is 0.288 e. The molecule has 0 unspecified atom stereocenters. The fraction of sp³-hybridized carbons (Fsp3) is 0.714. The van der Waals surface area contributed by atoms with Crippen molar-refractivity contribution in [1.82, 2.24) is 4.90 Å². The second-order valence-corrected chi connectivity index (χ2v) is 3.52. The summed E-state index contributed by atoms with van der Waals surface area (Å²) in [7, 11) is 0. The van der Waals surface area contributed by atoms with Crippen LogP contribution >= 0.6 is 24.2 Å². The van der Waals surface area contributed by atoms with E-state index in [0.717, 1.165) is 24.6 Å². The maximum atomic E-state index is 11.0. The average molecular weight is 225 g/mol. The van der Waals surface area contributed by atoms with Crippen molar-refractivity contribution >= 4 is 35.3 Å². The van der Waals surface area contributed by atoms with E-state index in [-0.39, 0.29) is 23.6 Å². The van der Waals surface area contributed by atoms with E-state index in [4.69, 9.17) is 5.73 Å². The highest BCUT2D eigenvalue weighted by atomic mass is 35.5. The Balaban J connectivity index is 0.00000144. The molecule has 1 aliphatic heterocycles. The van der Waals surface area contributed by atoms with E-state index >= 15 is 0 Å². The van der Waals surface area contributed by atoms with Crippen LogP contribution in [0.3, 0.4) is 0 Å². The van der Waals surface area contributed by atoms with Gasteiger partial charge in [0.25, 0.3) is 5.24 Å². The summed E-state index contributed by atoms with van der Waals surface area (Å²) in [6.45, 7) is 1.14. The number of imide groups is 1. The highest BCUT2D eigenvalue weighted by molar-refractivity contribution is 8.14. The number of amides is 2. The molecule has 2 N–H and O–H groups in total. The van der Waals surface area contributed by atoms with Gasteiger partial charge in [-0.15, -0.1) is 12.4 Å². The first-order valence-corrected chi connectivity index (χ1v) is 4.91. The van der Waals surface area contributed by atoms with Crippen LogP contribution in [0.25, 0.3) is 0 Å². The molecule has 2 amide bonds. The van der Waals surface area contributed by atoms with Crippen LogP contribution in [0.5, 0.6) is 0 Å². The van der Waals surface area contributed by atoms with Crippen molar-refractivity contribution < 1.29 is 9.59 Å². The first-order valence-electron chi connectivity index (χ1n) is 3.93. The minimum atomic E-state index is -0.114. The molecule has 0 aromatic heterocycles. The Morgan fingerprint density at radius 1 is 1.38 bits per heavy atom. The molecule has 0 aromatic rings. The van der Waals surface area contributed by atoms with E-state index in [1.807, 2.05) is 0 Å². The van der Waals surface area contributed by atoms with Gasteiger partial charge in [-0.05, 0) is 19.4 Å². The van der Waals surface area contributed by atoms with Gasteiger partial charge in [-0.25, -0.2) is 0 Å². The second kappa shape index (κ2) is 6.23. The first kappa shape index (κ1) is 12.7. The summed E-state index contributed by atoms with van der Waals surface area (Å²) in [5.74, 6) is 0.239. The molecular formula is C7H13ClN2O2S. The molecule has 1 rings (SSSR count). The van der Waals surface area contributed by atoms with Crippen molar-refractivity contribution in [2.24, 2.45) is 5.73 Å². The van der Waals surface area contributed by atoms with Crippen molar-refractivity contribution in [2.45, 2.75) is 12.8 Å². The topological polar surface area (TPSA) is 63.4 Å². The van der Waals surface area contributed by atoms with E-state index in [1.54, 1.807) is 0 Å². The predicted molar refractivity (Wildman–Crippen MR) is 55.1 cm³/mol. The summed E-state index contributed by atoms with van der Waals surface area (Å²) in [5, 5.41) is -0.114. The summed E-state index contributed by atoms with van der Waals surface area (Å²) >= 11 is 1.08. The van der Waals surface area contributed by atoms with Gasteiger partial charge in [-0.3, -0.25) is 14.5 Å². The van der Waals surface area contributed by atoms with E-state index in [0.29, 0.717) is 18.8 Å². The number of unbranched alkanes of at least 4 members (excludes halogenated alkanes) is 1. The van der Waals surface area contributed by atoms with Crippen LogP contribution in [0.15, 0.2) is 0 Å². The van der Waals surface area contributed by atoms with Gasteiger partial charge in [-0.1, -0.05) is 11.8 Å². The van der Waals surface area contributed by atoms with Crippen LogP contribution in [0.1, 0.15) is 12.8 Å². The quantitative estimate of drug-likeness (QED) is 0.719. The molecule has 0 radical (unpaired) electrons. The zero-order chi connectivity index (χ0) is 8.97. The van der Waals surface area contributed by atoms with Crippen molar-refractivity contribution in [2.75, 3.05) is 18.8 Å². The molecule has 1 heterocycles. The minimum absolute atomic E-state index is 0. The molecule has 13 heavy (non-hydrogen) atoms. The van der Waals surface area contributed by atoms with Gasteiger partial charge in [0.05, 0.1) is 5.75 Å². The lowest BCUT2D eigenvalue weighted by molar-refractivity contribution is -0.124. The van der Waals surface area contributed by atoms with E-state index < -0.39 is 0 Å². The molecule has 76 valence electrons. The molecule has 4 nitrogen and oxygen atoms in total. The predicted octanol–water partition coefficient (Wildman–Crippen LogP) is 0.843.